The standard InChI is InChI=1S/C15H20N2O3/c1-11-6-8-12(9-7-11)16(2)15(20)17-10-4-3-5-13(17)14(18)19/h6-9,13H,3-5,10H2,1-2H3,(H,18,19). The Morgan fingerprint density at radius 2 is 1.90 bits per heavy atom. The van der Waals surface area contributed by atoms with E-state index in [9.17, 15) is 14.7 Å². The first-order chi connectivity index (χ1) is 9.50. The number of amides is 2. The number of carboxylic acids is 1. The summed E-state index contributed by atoms with van der Waals surface area (Å²) in [4.78, 5) is 26.7. The lowest BCUT2D eigenvalue weighted by molar-refractivity contribution is -0.143. The van der Waals surface area contributed by atoms with E-state index in [0.29, 0.717) is 13.0 Å². The molecule has 2 amide bonds. The zero-order valence-electron chi connectivity index (χ0n) is 11.9. The van der Waals surface area contributed by atoms with Crippen molar-refractivity contribution in [3.8, 4) is 0 Å². The summed E-state index contributed by atoms with van der Waals surface area (Å²) in [5, 5.41) is 9.23. The molecule has 108 valence electrons. The number of likely N-dealkylation sites (tertiary alicyclic amines) is 1. The summed E-state index contributed by atoms with van der Waals surface area (Å²) in [5.74, 6) is -0.921. The van der Waals surface area contributed by atoms with Crippen LogP contribution in [-0.4, -0.2) is 41.6 Å². The fourth-order valence-electron chi connectivity index (χ4n) is 2.49. The molecule has 0 aliphatic carbocycles. The number of benzene rings is 1. The highest BCUT2D eigenvalue weighted by molar-refractivity contribution is 5.94. The average molecular weight is 276 g/mol. The Bertz CT molecular complexity index is 498. The van der Waals surface area contributed by atoms with Gasteiger partial charge in [0.15, 0.2) is 0 Å². The number of hydrogen-bond acceptors (Lipinski definition) is 2. The number of urea groups is 1. The van der Waals surface area contributed by atoms with Gasteiger partial charge in [-0.15, -0.1) is 0 Å². The quantitative estimate of drug-likeness (QED) is 0.902. The van der Waals surface area contributed by atoms with Crippen LogP contribution in [0.1, 0.15) is 24.8 Å². The van der Waals surface area contributed by atoms with Crippen LogP contribution in [0.3, 0.4) is 0 Å². The molecule has 1 aromatic carbocycles. The Morgan fingerprint density at radius 3 is 2.50 bits per heavy atom. The van der Waals surface area contributed by atoms with Gasteiger partial charge in [-0.05, 0) is 38.3 Å². The number of rotatable bonds is 2. The van der Waals surface area contributed by atoms with Gasteiger partial charge in [0, 0.05) is 19.3 Å². The monoisotopic (exact) mass is 276 g/mol. The largest absolute Gasteiger partial charge is 0.480 e. The van der Waals surface area contributed by atoms with Crippen LogP contribution in [-0.2, 0) is 4.79 Å². The highest BCUT2D eigenvalue weighted by Crippen LogP contribution is 2.21. The molecule has 0 aromatic heterocycles. The minimum Gasteiger partial charge on any atom is -0.480 e. The van der Waals surface area contributed by atoms with Crippen molar-refractivity contribution in [2.24, 2.45) is 0 Å². The molecule has 20 heavy (non-hydrogen) atoms. The van der Waals surface area contributed by atoms with Crippen molar-refractivity contribution >= 4 is 17.7 Å². The van der Waals surface area contributed by atoms with Gasteiger partial charge < -0.3 is 10.0 Å². The Balaban J connectivity index is 2.16. The third kappa shape index (κ3) is 2.92. The van der Waals surface area contributed by atoms with Crippen LogP contribution in [0.4, 0.5) is 10.5 Å². The van der Waals surface area contributed by atoms with Gasteiger partial charge >= 0.3 is 12.0 Å². The van der Waals surface area contributed by atoms with E-state index in [1.807, 2.05) is 31.2 Å². The molecule has 0 bridgehead atoms. The second-order valence-electron chi connectivity index (χ2n) is 5.22. The van der Waals surface area contributed by atoms with Crippen molar-refractivity contribution in [1.82, 2.24) is 4.90 Å². The van der Waals surface area contributed by atoms with Crippen LogP contribution in [0.25, 0.3) is 0 Å². The summed E-state index contributed by atoms with van der Waals surface area (Å²) < 4.78 is 0. The van der Waals surface area contributed by atoms with Crippen LogP contribution < -0.4 is 4.90 Å². The van der Waals surface area contributed by atoms with Crippen LogP contribution in [0.15, 0.2) is 24.3 Å². The number of carbonyl (C=O) groups is 2. The summed E-state index contributed by atoms with van der Waals surface area (Å²) in [6, 6.07) is 6.65. The van der Waals surface area contributed by atoms with Crippen molar-refractivity contribution in [2.45, 2.75) is 32.2 Å². The molecule has 5 nitrogen and oxygen atoms in total. The molecule has 1 aromatic rings. The van der Waals surface area contributed by atoms with Gasteiger partial charge in [-0.25, -0.2) is 9.59 Å². The maximum atomic E-state index is 12.5. The van der Waals surface area contributed by atoms with E-state index < -0.39 is 12.0 Å². The highest BCUT2D eigenvalue weighted by atomic mass is 16.4. The SMILES string of the molecule is Cc1ccc(N(C)C(=O)N2CCCCC2C(=O)O)cc1. The fourth-order valence-corrected chi connectivity index (χ4v) is 2.49. The molecule has 1 N–H and O–H groups in total. The minimum atomic E-state index is -0.921. The summed E-state index contributed by atoms with van der Waals surface area (Å²) in [6.07, 6.45) is 2.25. The van der Waals surface area contributed by atoms with Crippen molar-refractivity contribution in [1.29, 1.82) is 0 Å². The number of anilines is 1. The molecule has 1 heterocycles. The van der Waals surface area contributed by atoms with E-state index in [-0.39, 0.29) is 6.03 Å². The van der Waals surface area contributed by atoms with Crippen molar-refractivity contribution in [3.05, 3.63) is 29.8 Å². The van der Waals surface area contributed by atoms with Crippen LogP contribution >= 0.6 is 0 Å². The molecule has 0 saturated carbocycles. The summed E-state index contributed by atoms with van der Waals surface area (Å²) in [7, 11) is 1.68. The molecule has 1 fully saturated rings. The van der Waals surface area contributed by atoms with E-state index in [4.69, 9.17) is 0 Å². The lowest BCUT2D eigenvalue weighted by Crippen LogP contribution is -2.52. The van der Waals surface area contributed by atoms with Gasteiger partial charge in [0.05, 0.1) is 0 Å². The first-order valence-electron chi connectivity index (χ1n) is 6.84. The van der Waals surface area contributed by atoms with E-state index >= 15 is 0 Å². The molecular formula is C15H20N2O3. The first kappa shape index (κ1) is 14.4. The third-order valence-electron chi connectivity index (χ3n) is 3.74. The number of carboxylic acid groups (broad SMARTS) is 1. The molecule has 1 unspecified atom stereocenters. The number of piperidine rings is 1. The molecule has 0 spiro atoms. The maximum absolute atomic E-state index is 12.5. The summed E-state index contributed by atoms with van der Waals surface area (Å²) >= 11 is 0. The van der Waals surface area contributed by atoms with E-state index in [2.05, 4.69) is 0 Å². The average Bonchev–Trinajstić information content (AvgIpc) is 2.46. The first-order valence-corrected chi connectivity index (χ1v) is 6.84. The van der Waals surface area contributed by atoms with E-state index in [0.717, 1.165) is 24.1 Å². The van der Waals surface area contributed by atoms with Gasteiger partial charge in [0.25, 0.3) is 0 Å². The second kappa shape index (κ2) is 5.94. The number of aliphatic carboxylic acids is 1. The Hall–Kier alpha value is -2.04. The van der Waals surface area contributed by atoms with E-state index in [1.54, 1.807) is 7.05 Å². The molecule has 1 aliphatic rings. The molecule has 1 atom stereocenters. The smallest absolute Gasteiger partial charge is 0.326 e. The number of hydrogen-bond donors (Lipinski definition) is 1. The predicted molar refractivity (Wildman–Crippen MR) is 77.0 cm³/mol. The zero-order valence-corrected chi connectivity index (χ0v) is 11.9. The van der Waals surface area contributed by atoms with Gasteiger partial charge in [-0.3, -0.25) is 4.90 Å². The zero-order chi connectivity index (χ0) is 14.7. The molecule has 5 heteroatoms. The predicted octanol–water partition coefficient (Wildman–Crippen LogP) is 2.49. The fraction of sp³-hybridized carbons (Fsp3) is 0.467. The molecule has 1 saturated heterocycles. The van der Waals surface area contributed by atoms with Gasteiger partial charge in [-0.1, -0.05) is 17.7 Å². The van der Waals surface area contributed by atoms with Crippen LogP contribution in [0, 0.1) is 6.92 Å². The Morgan fingerprint density at radius 1 is 1.25 bits per heavy atom. The number of aryl methyl sites for hydroxylation is 1. The highest BCUT2D eigenvalue weighted by Gasteiger charge is 2.33. The van der Waals surface area contributed by atoms with Crippen LogP contribution in [0.5, 0.6) is 0 Å². The van der Waals surface area contributed by atoms with Crippen molar-refractivity contribution < 1.29 is 14.7 Å². The lowest BCUT2D eigenvalue weighted by Gasteiger charge is -2.35. The normalized spacial score (nSPS) is 18.7. The topological polar surface area (TPSA) is 60.9 Å². The molecule has 1 aliphatic heterocycles. The second-order valence-corrected chi connectivity index (χ2v) is 5.22. The number of nitrogens with zero attached hydrogens (tertiary/aromatic N) is 2. The van der Waals surface area contributed by atoms with Crippen molar-refractivity contribution in [3.63, 3.8) is 0 Å². The molecule has 0 radical (unpaired) electrons. The summed E-state index contributed by atoms with van der Waals surface area (Å²) in [5.41, 5.74) is 1.89. The van der Waals surface area contributed by atoms with Gasteiger partial charge in [0.2, 0.25) is 0 Å². The molecule has 2 rings (SSSR count). The van der Waals surface area contributed by atoms with Crippen molar-refractivity contribution in [2.75, 3.05) is 18.5 Å². The number of carbonyl (C=O) groups excluding carboxylic acids is 1. The lowest BCUT2D eigenvalue weighted by atomic mass is 10.0. The summed E-state index contributed by atoms with van der Waals surface area (Å²) in [6.45, 7) is 2.49. The van der Waals surface area contributed by atoms with Gasteiger partial charge in [0.1, 0.15) is 6.04 Å². The van der Waals surface area contributed by atoms with Crippen LogP contribution in [0.2, 0.25) is 0 Å². The maximum Gasteiger partial charge on any atom is 0.326 e. The Labute approximate surface area is 118 Å². The van der Waals surface area contributed by atoms with Gasteiger partial charge in [-0.2, -0.15) is 0 Å². The van der Waals surface area contributed by atoms with E-state index in [1.165, 1.54) is 9.80 Å². The molecular weight excluding hydrogens is 256 g/mol. The minimum absolute atomic E-state index is 0.249. The third-order valence-corrected chi connectivity index (χ3v) is 3.74. The Kier molecular flexibility index (Phi) is 4.27.